The Morgan fingerprint density at radius 2 is 1.90 bits per heavy atom. The van der Waals surface area contributed by atoms with Crippen molar-refractivity contribution in [2.75, 3.05) is 0 Å². The number of esters is 1. The molecule has 0 radical (unpaired) electrons. The number of nitrogens with zero attached hydrogens (tertiary/aromatic N) is 1. The van der Waals surface area contributed by atoms with E-state index >= 15 is 0 Å². The quantitative estimate of drug-likeness (QED) is 0.622. The Bertz CT molecular complexity index is 720. The zero-order chi connectivity index (χ0) is 14.7. The van der Waals surface area contributed by atoms with Crippen LogP contribution in [0.5, 0.6) is 5.75 Å². The molecule has 2 aromatic carbocycles. The van der Waals surface area contributed by atoms with Gasteiger partial charge in [0.1, 0.15) is 23.5 Å². The normalized spacial score (nSPS) is 9.90. The molecule has 0 atom stereocenters. The van der Waals surface area contributed by atoms with Crippen LogP contribution in [0.2, 0.25) is 0 Å². The Morgan fingerprint density at radius 3 is 2.50 bits per heavy atom. The highest BCUT2D eigenvalue weighted by Gasteiger charge is 2.15. The van der Waals surface area contributed by atoms with Gasteiger partial charge in [0.15, 0.2) is 0 Å². The predicted octanol–water partition coefficient (Wildman–Crippen LogP) is 3.36. The molecule has 0 amide bonds. The number of ether oxygens (including phenoxy) is 1. The number of carbonyl (C=O) groups is 1. The zero-order valence-corrected chi connectivity index (χ0v) is 10.5. The van der Waals surface area contributed by atoms with Gasteiger partial charge in [0, 0.05) is 6.07 Å². The van der Waals surface area contributed by atoms with E-state index in [0.717, 1.165) is 6.07 Å². The number of carbonyl (C=O) groups excluding carboxylic acids is 1. The van der Waals surface area contributed by atoms with E-state index in [-0.39, 0.29) is 16.9 Å². The third-order valence-electron chi connectivity index (χ3n) is 2.62. The van der Waals surface area contributed by atoms with Crippen LogP contribution in [0, 0.1) is 29.9 Å². The van der Waals surface area contributed by atoms with E-state index in [1.54, 1.807) is 19.1 Å². The summed E-state index contributed by atoms with van der Waals surface area (Å²) in [6.07, 6.45) is 0. The topological polar surface area (TPSA) is 50.1 Å². The van der Waals surface area contributed by atoms with Crippen LogP contribution in [-0.2, 0) is 0 Å². The first kappa shape index (κ1) is 13.7. The number of nitriles is 1. The highest BCUT2D eigenvalue weighted by Crippen LogP contribution is 2.18. The third kappa shape index (κ3) is 2.81. The van der Waals surface area contributed by atoms with Gasteiger partial charge in [-0.25, -0.2) is 13.6 Å². The Labute approximate surface area is 114 Å². The van der Waals surface area contributed by atoms with Gasteiger partial charge in [0.25, 0.3) is 0 Å². The van der Waals surface area contributed by atoms with E-state index in [9.17, 15) is 13.6 Å². The fourth-order valence-electron chi connectivity index (χ4n) is 1.60. The second-order valence-corrected chi connectivity index (χ2v) is 4.13. The van der Waals surface area contributed by atoms with Crippen molar-refractivity contribution in [1.82, 2.24) is 0 Å². The summed E-state index contributed by atoms with van der Waals surface area (Å²) in [5.74, 6) is -2.52. The molecule has 0 bridgehead atoms. The second-order valence-electron chi connectivity index (χ2n) is 4.13. The van der Waals surface area contributed by atoms with Crippen molar-refractivity contribution in [3.8, 4) is 11.8 Å². The Kier molecular flexibility index (Phi) is 3.76. The van der Waals surface area contributed by atoms with Crippen molar-refractivity contribution in [1.29, 1.82) is 5.26 Å². The summed E-state index contributed by atoms with van der Waals surface area (Å²) in [7, 11) is 0. The molecule has 100 valence electrons. The molecule has 3 nitrogen and oxygen atoms in total. The Hall–Kier alpha value is -2.74. The molecule has 2 rings (SSSR count). The lowest BCUT2D eigenvalue weighted by Crippen LogP contribution is -2.11. The average Bonchev–Trinajstić information content (AvgIpc) is 2.38. The Morgan fingerprint density at radius 1 is 1.15 bits per heavy atom. The lowest BCUT2D eigenvalue weighted by molar-refractivity contribution is 0.0729. The van der Waals surface area contributed by atoms with Gasteiger partial charge in [0.2, 0.25) is 0 Å². The van der Waals surface area contributed by atoms with E-state index in [1.165, 1.54) is 24.3 Å². The number of benzene rings is 2. The number of rotatable bonds is 2. The SMILES string of the molecule is Cc1ccc(C(=O)Oc2ccc(C#N)c(F)c2)c(F)c1. The maximum absolute atomic E-state index is 13.6. The predicted molar refractivity (Wildman–Crippen MR) is 67.2 cm³/mol. The van der Waals surface area contributed by atoms with Crippen LogP contribution >= 0.6 is 0 Å². The number of aryl methyl sites for hydroxylation is 1. The van der Waals surface area contributed by atoms with Crippen LogP contribution in [0.1, 0.15) is 21.5 Å². The summed E-state index contributed by atoms with van der Waals surface area (Å²) in [5.41, 5.74) is 0.273. The fourth-order valence-corrected chi connectivity index (χ4v) is 1.60. The molecular weight excluding hydrogens is 264 g/mol. The summed E-state index contributed by atoms with van der Waals surface area (Å²) in [5, 5.41) is 8.58. The molecule has 0 fully saturated rings. The molecule has 0 saturated heterocycles. The molecular formula is C15H9F2NO2. The van der Waals surface area contributed by atoms with Crippen molar-refractivity contribution < 1.29 is 18.3 Å². The van der Waals surface area contributed by atoms with Gasteiger partial charge in [0.05, 0.1) is 11.1 Å². The highest BCUT2D eigenvalue weighted by atomic mass is 19.1. The van der Waals surface area contributed by atoms with E-state index in [1.807, 2.05) is 0 Å². The van der Waals surface area contributed by atoms with Crippen LogP contribution in [0.25, 0.3) is 0 Å². The summed E-state index contributed by atoms with van der Waals surface area (Å²) < 4.78 is 31.8. The standard InChI is InChI=1S/C15H9F2NO2/c1-9-2-5-12(14(17)6-9)15(19)20-11-4-3-10(8-18)13(16)7-11/h2-7H,1H3. The largest absolute Gasteiger partial charge is 0.423 e. The van der Waals surface area contributed by atoms with E-state index in [2.05, 4.69) is 0 Å². The molecule has 20 heavy (non-hydrogen) atoms. The molecule has 0 aliphatic carbocycles. The van der Waals surface area contributed by atoms with E-state index in [4.69, 9.17) is 10.00 Å². The lowest BCUT2D eigenvalue weighted by Gasteiger charge is -2.06. The first-order valence-corrected chi connectivity index (χ1v) is 5.69. The fraction of sp³-hybridized carbons (Fsp3) is 0.0667. The van der Waals surface area contributed by atoms with Gasteiger partial charge in [-0.05, 0) is 36.8 Å². The second kappa shape index (κ2) is 5.49. The molecule has 5 heteroatoms. The van der Waals surface area contributed by atoms with Crippen LogP contribution in [0.3, 0.4) is 0 Å². The lowest BCUT2D eigenvalue weighted by atomic mass is 10.1. The summed E-state index contributed by atoms with van der Waals surface area (Å²) in [6, 6.07) is 9.08. The van der Waals surface area contributed by atoms with Gasteiger partial charge in [-0.2, -0.15) is 5.26 Å². The average molecular weight is 273 g/mol. The molecule has 0 aromatic heterocycles. The zero-order valence-electron chi connectivity index (χ0n) is 10.5. The third-order valence-corrected chi connectivity index (χ3v) is 2.62. The minimum atomic E-state index is -0.924. The van der Waals surface area contributed by atoms with Crippen molar-refractivity contribution in [2.24, 2.45) is 0 Å². The van der Waals surface area contributed by atoms with E-state index in [0.29, 0.717) is 5.56 Å². The summed E-state index contributed by atoms with van der Waals surface area (Å²) >= 11 is 0. The van der Waals surface area contributed by atoms with Gasteiger partial charge in [-0.1, -0.05) is 6.07 Å². The van der Waals surface area contributed by atoms with Crippen LogP contribution < -0.4 is 4.74 Å². The molecule has 0 saturated carbocycles. The van der Waals surface area contributed by atoms with Crippen molar-refractivity contribution in [3.63, 3.8) is 0 Å². The first-order chi connectivity index (χ1) is 9.51. The highest BCUT2D eigenvalue weighted by molar-refractivity contribution is 5.91. The van der Waals surface area contributed by atoms with Crippen molar-refractivity contribution >= 4 is 5.97 Å². The minimum absolute atomic E-state index is 0.0912. The van der Waals surface area contributed by atoms with Gasteiger partial charge < -0.3 is 4.74 Å². The van der Waals surface area contributed by atoms with Gasteiger partial charge in [-0.15, -0.1) is 0 Å². The van der Waals surface area contributed by atoms with Crippen molar-refractivity contribution in [3.05, 3.63) is 64.7 Å². The monoisotopic (exact) mass is 273 g/mol. The maximum Gasteiger partial charge on any atom is 0.346 e. The molecule has 0 unspecified atom stereocenters. The van der Waals surface area contributed by atoms with Crippen LogP contribution in [0.4, 0.5) is 8.78 Å². The molecule has 0 heterocycles. The van der Waals surface area contributed by atoms with Gasteiger partial charge >= 0.3 is 5.97 Å². The number of hydrogen-bond donors (Lipinski definition) is 0. The summed E-state index contributed by atoms with van der Waals surface area (Å²) in [6.45, 7) is 1.69. The molecule has 0 aliphatic heterocycles. The van der Waals surface area contributed by atoms with Crippen LogP contribution in [-0.4, -0.2) is 5.97 Å². The van der Waals surface area contributed by atoms with E-state index < -0.39 is 17.6 Å². The van der Waals surface area contributed by atoms with Crippen molar-refractivity contribution in [2.45, 2.75) is 6.92 Å². The summed E-state index contributed by atoms with van der Waals surface area (Å²) in [4.78, 5) is 11.8. The molecule has 0 N–H and O–H groups in total. The smallest absolute Gasteiger partial charge is 0.346 e. The maximum atomic E-state index is 13.6. The van der Waals surface area contributed by atoms with Crippen LogP contribution in [0.15, 0.2) is 36.4 Å². The molecule has 0 spiro atoms. The molecule has 0 aliphatic rings. The Balaban J connectivity index is 2.24. The number of halogens is 2. The first-order valence-electron chi connectivity index (χ1n) is 5.69. The minimum Gasteiger partial charge on any atom is -0.423 e. The van der Waals surface area contributed by atoms with Gasteiger partial charge in [-0.3, -0.25) is 0 Å². The molecule has 2 aromatic rings. The number of hydrogen-bond acceptors (Lipinski definition) is 3.